The predicted octanol–water partition coefficient (Wildman–Crippen LogP) is 3.50. The van der Waals surface area contributed by atoms with Crippen LogP contribution in [0.4, 0.5) is 5.69 Å². The molecule has 0 amide bonds. The Kier molecular flexibility index (Phi) is 3.06. The third-order valence-electron chi connectivity index (χ3n) is 3.47. The summed E-state index contributed by atoms with van der Waals surface area (Å²) in [4.78, 5) is 7.90. The molecule has 1 aromatic heterocycles. The molecular weight excluding hydrogens is 250 g/mol. The zero-order valence-corrected chi connectivity index (χ0v) is 11.6. The molecule has 0 aliphatic carbocycles. The molecule has 102 valence electrons. The van der Waals surface area contributed by atoms with Crippen LogP contribution in [0.1, 0.15) is 17.0 Å². The number of nitrogens with zero attached hydrogens (tertiary/aromatic N) is 1. The Morgan fingerprint density at radius 1 is 1.10 bits per heavy atom. The van der Waals surface area contributed by atoms with Crippen LogP contribution in [0.25, 0.3) is 11.0 Å². The number of phenols is 1. The Morgan fingerprint density at radius 3 is 2.55 bits per heavy atom. The maximum absolute atomic E-state index is 9.24. The number of nitrogens with one attached hydrogen (secondary N) is 2. The Balaban J connectivity index is 1.79. The standard InChI is InChI=1S/C16H17N3O/c1-10-7-14-15(8-11(10)2)19-16(18-14)9-17-12-3-5-13(20)6-4-12/h3-8,17,20H,9H2,1-2H3,(H,18,19). The molecule has 2 aromatic carbocycles. The maximum atomic E-state index is 9.24. The fraction of sp³-hybridized carbons (Fsp3) is 0.188. The van der Waals surface area contributed by atoms with Crippen LogP contribution in [0, 0.1) is 13.8 Å². The molecule has 3 rings (SSSR count). The van der Waals surface area contributed by atoms with Crippen LogP contribution in [-0.2, 0) is 6.54 Å². The molecule has 20 heavy (non-hydrogen) atoms. The summed E-state index contributed by atoms with van der Waals surface area (Å²) < 4.78 is 0. The highest BCUT2D eigenvalue weighted by Gasteiger charge is 2.04. The van der Waals surface area contributed by atoms with Crippen LogP contribution in [0.3, 0.4) is 0 Å². The second-order valence-electron chi connectivity index (χ2n) is 5.04. The minimum Gasteiger partial charge on any atom is -0.508 e. The zero-order valence-electron chi connectivity index (χ0n) is 11.6. The summed E-state index contributed by atoms with van der Waals surface area (Å²) in [5.74, 6) is 1.17. The van der Waals surface area contributed by atoms with Crippen LogP contribution in [0.5, 0.6) is 5.75 Å². The molecule has 0 aliphatic heterocycles. The van der Waals surface area contributed by atoms with Crippen molar-refractivity contribution in [3.63, 3.8) is 0 Å². The van der Waals surface area contributed by atoms with Gasteiger partial charge in [0.1, 0.15) is 11.6 Å². The molecule has 4 heteroatoms. The van der Waals surface area contributed by atoms with Crippen molar-refractivity contribution in [3.05, 3.63) is 53.3 Å². The third kappa shape index (κ3) is 2.45. The van der Waals surface area contributed by atoms with E-state index >= 15 is 0 Å². The number of aromatic nitrogens is 2. The lowest BCUT2D eigenvalue weighted by Gasteiger charge is -2.03. The zero-order chi connectivity index (χ0) is 14.1. The van der Waals surface area contributed by atoms with Crippen molar-refractivity contribution in [2.24, 2.45) is 0 Å². The van der Waals surface area contributed by atoms with Crippen molar-refractivity contribution in [1.82, 2.24) is 9.97 Å². The van der Waals surface area contributed by atoms with Gasteiger partial charge in [-0.2, -0.15) is 0 Å². The number of hydrogen-bond donors (Lipinski definition) is 3. The molecule has 3 N–H and O–H groups in total. The van der Waals surface area contributed by atoms with Gasteiger partial charge in [0.25, 0.3) is 0 Å². The number of aromatic amines is 1. The molecule has 0 saturated carbocycles. The molecule has 0 spiro atoms. The Labute approximate surface area is 117 Å². The monoisotopic (exact) mass is 267 g/mol. The fourth-order valence-corrected chi connectivity index (χ4v) is 2.17. The number of H-pyrrole nitrogens is 1. The largest absolute Gasteiger partial charge is 0.508 e. The van der Waals surface area contributed by atoms with Crippen molar-refractivity contribution in [1.29, 1.82) is 0 Å². The third-order valence-corrected chi connectivity index (χ3v) is 3.47. The average Bonchev–Trinajstić information content (AvgIpc) is 2.80. The molecule has 0 fully saturated rings. The summed E-state index contributed by atoms with van der Waals surface area (Å²) >= 11 is 0. The molecule has 4 nitrogen and oxygen atoms in total. The van der Waals surface area contributed by atoms with Gasteiger partial charge < -0.3 is 15.4 Å². The average molecular weight is 267 g/mol. The number of aromatic hydroxyl groups is 1. The quantitative estimate of drug-likeness (QED) is 0.636. The number of phenolic OH excluding ortho intramolecular Hbond substituents is 1. The fourth-order valence-electron chi connectivity index (χ4n) is 2.17. The normalized spacial score (nSPS) is 10.9. The molecule has 0 unspecified atom stereocenters. The predicted molar refractivity (Wildman–Crippen MR) is 81.0 cm³/mol. The maximum Gasteiger partial charge on any atom is 0.126 e. The van der Waals surface area contributed by atoms with Crippen molar-refractivity contribution in [2.45, 2.75) is 20.4 Å². The van der Waals surface area contributed by atoms with Gasteiger partial charge in [-0.25, -0.2) is 4.98 Å². The minimum atomic E-state index is 0.269. The lowest BCUT2D eigenvalue weighted by molar-refractivity contribution is 0.475. The Hall–Kier alpha value is -2.49. The smallest absolute Gasteiger partial charge is 0.126 e. The summed E-state index contributed by atoms with van der Waals surface area (Å²) in [6.07, 6.45) is 0. The Bertz CT molecular complexity index is 705. The SMILES string of the molecule is Cc1cc2nc(CNc3ccc(O)cc3)[nH]c2cc1C. The molecule has 0 radical (unpaired) electrons. The number of benzene rings is 2. The van der Waals surface area contributed by atoms with Gasteiger partial charge in [-0.05, 0) is 61.4 Å². The number of rotatable bonds is 3. The van der Waals surface area contributed by atoms with Crippen LogP contribution in [0.15, 0.2) is 36.4 Å². The topological polar surface area (TPSA) is 60.9 Å². The van der Waals surface area contributed by atoms with Gasteiger partial charge in [0.05, 0.1) is 17.6 Å². The van der Waals surface area contributed by atoms with Crippen LogP contribution in [0.2, 0.25) is 0 Å². The summed E-state index contributed by atoms with van der Waals surface area (Å²) in [6, 6.07) is 11.2. The second kappa shape index (κ2) is 4.89. The lowest BCUT2D eigenvalue weighted by atomic mass is 10.1. The Morgan fingerprint density at radius 2 is 1.80 bits per heavy atom. The van der Waals surface area contributed by atoms with Gasteiger partial charge in [0.2, 0.25) is 0 Å². The minimum absolute atomic E-state index is 0.269. The first-order valence-corrected chi connectivity index (χ1v) is 6.60. The first-order valence-electron chi connectivity index (χ1n) is 6.60. The summed E-state index contributed by atoms with van der Waals surface area (Å²) in [5.41, 5.74) is 5.53. The molecule has 1 heterocycles. The summed E-state index contributed by atoms with van der Waals surface area (Å²) in [6.45, 7) is 4.82. The number of aryl methyl sites for hydroxylation is 2. The van der Waals surface area contributed by atoms with E-state index in [4.69, 9.17) is 0 Å². The molecular formula is C16H17N3O. The molecule has 0 saturated heterocycles. The van der Waals surface area contributed by atoms with E-state index < -0.39 is 0 Å². The first-order chi connectivity index (χ1) is 9.61. The van der Waals surface area contributed by atoms with E-state index in [1.165, 1.54) is 11.1 Å². The summed E-state index contributed by atoms with van der Waals surface area (Å²) in [7, 11) is 0. The van der Waals surface area contributed by atoms with E-state index in [2.05, 4.69) is 41.3 Å². The van der Waals surface area contributed by atoms with Gasteiger partial charge in [0, 0.05) is 5.69 Å². The number of imidazole rings is 1. The van der Waals surface area contributed by atoms with E-state index in [0.717, 1.165) is 22.5 Å². The van der Waals surface area contributed by atoms with E-state index in [1.807, 2.05) is 12.1 Å². The molecule has 0 atom stereocenters. The highest BCUT2D eigenvalue weighted by molar-refractivity contribution is 5.77. The van der Waals surface area contributed by atoms with Crippen molar-refractivity contribution < 1.29 is 5.11 Å². The van der Waals surface area contributed by atoms with Gasteiger partial charge in [-0.3, -0.25) is 0 Å². The van der Waals surface area contributed by atoms with Crippen molar-refractivity contribution >= 4 is 16.7 Å². The van der Waals surface area contributed by atoms with Gasteiger partial charge >= 0.3 is 0 Å². The molecule has 3 aromatic rings. The number of hydrogen-bond acceptors (Lipinski definition) is 3. The van der Waals surface area contributed by atoms with Crippen molar-refractivity contribution in [2.75, 3.05) is 5.32 Å². The first kappa shape index (κ1) is 12.5. The highest BCUT2D eigenvalue weighted by Crippen LogP contribution is 2.18. The molecule has 0 aliphatic rings. The molecule has 0 bridgehead atoms. The van der Waals surface area contributed by atoms with Crippen LogP contribution >= 0.6 is 0 Å². The number of fused-ring (bicyclic) bond motifs is 1. The van der Waals surface area contributed by atoms with Crippen molar-refractivity contribution in [3.8, 4) is 5.75 Å². The van der Waals surface area contributed by atoms with E-state index in [-0.39, 0.29) is 5.75 Å². The van der Waals surface area contributed by atoms with E-state index in [0.29, 0.717) is 6.54 Å². The van der Waals surface area contributed by atoms with Gasteiger partial charge in [-0.15, -0.1) is 0 Å². The van der Waals surface area contributed by atoms with E-state index in [9.17, 15) is 5.11 Å². The number of anilines is 1. The highest BCUT2D eigenvalue weighted by atomic mass is 16.3. The van der Waals surface area contributed by atoms with Crippen LogP contribution < -0.4 is 5.32 Å². The summed E-state index contributed by atoms with van der Waals surface area (Å²) in [5, 5.41) is 12.5. The van der Waals surface area contributed by atoms with Gasteiger partial charge in [-0.1, -0.05) is 0 Å². The second-order valence-corrected chi connectivity index (χ2v) is 5.04. The lowest BCUT2D eigenvalue weighted by Crippen LogP contribution is -2.00. The van der Waals surface area contributed by atoms with Crippen LogP contribution in [-0.4, -0.2) is 15.1 Å². The van der Waals surface area contributed by atoms with E-state index in [1.54, 1.807) is 12.1 Å². The van der Waals surface area contributed by atoms with Gasteiger partial charge in [0.15, 0.2) is 0 Å².